The van der Waals surface area contributed by atoms with E-state index in [4.69, 9.17) is 9.47 Å². The van der Waals surface area contributed by atoms with Gasteiger partial charge in [0.05, 0.1) is 7.11 Å². The molecule has 0 bridgehead atoms. The summed E-state index contributed by atoms with van der Waals surface area (Å²) < 4.78 is 10.3. The molecule has 2 atom stereocenters. The number of aliphatic hydroxyl groups is 1. The van der Waals surface area contributed by atoms with Crippen LogP contribution < -0.4 is 5.32 Å². The molecule has 2 N–H and O–H groups in total. The van der Waals surface area contributed by atoms with E-state index in [1.807, 2.05) is 25.1 Å². The fraction of sp³-hybridized carbons (Fsp3) is 0.200. The fourth-order valence-corrected chi connectivity index (χ4v) is 2.67. The third-order valence-corrected chi connectivity index (χ3v) is 4.13. The van der Waals surface area contributed by atoms with E-state index in [1.54, 1.807) is 36.4 Å². The zero-order chi connectivity index (χ0) is 18.7. The maximum atomic E-state index is 12.5. The van der Waals surface area contributed by atoms with E-state index in [0.717, 1.165) is 5.56 Å². The van der Waals surface area contributed by atoms with Gasteiger partial charge < -0.3 is 19.9 Å². The molecule has 0 fully saturated rings. The molecular weight excluding hydrogens is 334 g/mol. The van der Waals surface area contributed by atoms with Crippen molar-refractivity contribution in [3.63, 3.8) is 0 Å². The number of methoxy groups -OCH3 is 1. The van der Waals surface area contributed by atoms with Crippen molar-refractivity contribution < 1.29 is 24.2 Å². The Morgan fingerprint density at radius 3 is 2.42 bits per heavy atom. The van der Waals surface area contributed by atoms with Crippen LogP contribution in [0.5, 0.6) is 0 Å². The number of nitrogens with one attached hydrogen (secondary N) is 1. The normalized spacial score (nSPS) is 20.1. The Kier molecular flexibility index (Phi) is 4.77. The minimum absolute atomic E-state index is 0.192. The van der Waals surface area contributed by atoms with Crippen molar-refractivity contribution in [1.82, 2.24) is 0 Å². The predicted octanol–water partition coefficient (Wildman–Crippen LogP) is 2.28. The van der Waals surface area contributed by atoms with Crippen LogP contribution in [0, 0.1) is 6.92 Å². The van der Waals surface area contributed by atoms with Crippen molar-refractivity contribution in [2.75, 3.05) is 12.4 Å². The summed E-state index contributed by atoms with van der Waals surface area (Å²) >= 11 is 0. The Morgan fingerprint density at radius 1 is 1.15 bits per heavy atom. The molecule has 3 rings (SSSR count). The van der Waals surface area contributed by atoms with E-state index in [2.05, 4.69) is 5.32 Å². The van der Waals surface area contributed by atoms with Gasteiger partial charge in [-0.05, 0) is 19.1 Å². The molecule has 1 heterocycles. The van der Waals surface area contributed by atoms with Crippen LogP contribution in [0.15, 0.2) is 60.7 Å². The molecule has 0 amide bonds. The Hall–Kier alpha value is -3.12. The third kappa shape index (κ3) is 3.32. The zero-order valence-corrected chi connectivity index (χ0v) is 14.4. The number of ketones is 1. The lowest BCUT2D eigenvalue weighted by Gasteiger charge is -2.30. The van der Waals surface area contributed by atoms with Gasteiger partial charge in [-0.25, -0.2) is 4.79 Å². The van der Waals surface area contributed by atoms with Gasteiger partial charge in [-0.3, -0.25) is 4.79 Å². The smallest absolute Gasteiger partial charge is 0.335 e. The van der Waals surface area contributed by atoms with Crippen LogP contribution in [-0.2, 0) is 19.1 Å². The molecule has 2 aromatic carbocycles. The Bertz CT molecular complexity index is 844. The summed E-state index contributed by atoms with van der Waals surface area (Å²) in [5, 5.41) is 13.7. The number of esters is 1. The second-order valence-electron chi connectivity index (χ2n) is 6.00. The molecule has 26 heavy (non-hydrogen) atoms. The van der Waals surface area contributed by atoms with Crippen molar-refractivity contribution in [3.05, 3.63) is 71.8 Å². The van der Waals surface area contributed by atoms with Gasteiger partial charge in [-0.2, -0.15) is 0 Å². The van der Waals surface area contributed by atoms with Crippen molar-refractivity contribution in [2.45, 2.75) is 18.8 Å². The highest BCUT2D eigenvalue weighted by molar-refractivity contribution is 6.07. The molecule has 0 radical (unpaired) electrons. The van der Waals surface area contributed by atoms with Crippen LogP contribution in [-0.4, -0.2) is 35.8 Å². The van der Waals surface area contributed by atoms with E-state index in [1.165, 1.54) is 13.2 Å². The van der Waals surface area contributed by atoms with Crippen molar-refractivity contribution in [3.8, 4) is 0 Å². The molecule has 0 unspecified atom stereocenters. The number of carbonyl (C=O) groups excluding carboxylic acids is 2. The highest BCUT2D eigenvalue weighted by atomic mass is 16.6. The summed E-state index contributed by atoms with van der Waals surface area (Å²) in [6.45, 7) is 1.93. The largest absolute Gasteiger partial charge is 0.467 e. The van der Waals surface area contributed by atoms with Gasteiger partial charge in [0.1, 0.15) is 5.76 Å². The first-order valence-electron chi connectivity index (χ1n) is 8.08. The summed E-state index contributed by atoms with van der Waals surface area (Å²) in [7, 11) is 1.18. The maximum Gasteiger partial charge on any atom is 0.335 e. The molecular formula is C20H19NO5. The third-order valence-electron chi connectivity index (χ3n) is 4.13. The summed E-state index contributed by atoms with van der Waals surface area (Å²) in [6, 6.07) is 14.6. The molecule has 0 aromatic heterocycles. The average Bonchev–Trinajstić information content (AvgIpc) is 2.97. The molecule has 134 valence electrons. The van der Waals surface area contributed by atoms with Crippen LogP contribution in [0.3, 0.4) is 0 Å². The van der Waals surface area contributed by atoms with Gasteiger partial charge in [0.25, 0.3) is 0 Å². The topological polar surface area (TPSA) is 84.9 Å². The van der Waals surface area contributed by atoms with Crippen molar-refractivity contribution in [2.24, 2.45) is 0 Å². The van der Waals surface area contributed by atoms with Gasteiger partial charge in [0.2, 0.25) is 5.78 Å². The molecule has 0 aliphatic carbocycles. The highest BCUT2D eigenvalue weighted by Crippen LogP contribution is 2.33. The first-order valence-corrected chi connectivity index (χ1v) is 8.08. The minimum Gasteiger partial charge on any atom is -0.467 e. The Morgan fingerprint density at radius 2 is 1.81 bits per heavy atom. The molecule has 6 nitrogen and oxygen atoms in total. The van der Waals surface area contributed by atoms with Gasteiger partial charge in [-0.1, -0.05) is 48.0 Å². The molecule has 1 aliphatic rings. The second-order valence-corrected chi connectivity index (χ2v) is 6.00. The average molecular weight is 353 g/mol. The van der Waals surface area contributed by atoms with E-state index in [-0.39, 0.29) is 5.76 Å². The lowest BCUT2D eigenvalue weighted by molar-refractivity contribution is -0.185. The number of carbonyl (C=O) groups is 2. The number of benzene rings is 2. The molecule has 0 saturated carbocycles. The monoisotopic (exact) mass is 353 g/mol. The van der Waals surface area contributed by atoms with Crippen LogP contribution in [0.25, 0.3) is 5.76 Å². The van der Waals surface area contributed by atoms with Gasteiger partial charge in [0.15, 0.2) is 6.04 Å². The maximum absolute atomic E-state index is 12.5. The molecule has 2 aromatic rings. The van der Waals surface area contributed by atoms with Crippen LogP contribution in [0.1, 0.15) is 11.1 Å². The number of aryl methyl sites for hydroxylation is 1. The van der Waals surface area contributed by atoms with Crippen LogP contribution >= 0.6 is 0 Å². The molecule has 6 heteroatoms. The predicted molar refractivity (Wildman–Crippen MR) is 96.1 cm³/mol. The number of anilines is 1. The molecule has 1 aliphatic heterocycles. The van der Waals surface area contributed by atoms with E-state index in [0.29, 0.717) is 11.3 Å². The van der Waals surface area contributed by atoms with Gasteiger partial charge >= 0.3 is 11.8 Å². The van der Waals surface area contributed by atoms with Crippen molar-refractivity contribution in [1.29, 1.82) is 0 Å². The fourth-order valence-electron chi connectivity index (χ4n) is 2.67. The van der Waals surface area contributed by atoms with Crippen LogP contribution in [0.2, 0.25) is 0 Å². The van der Waals surface area contributed by atoms with E-state index in [9.17, 15) is 14.7 Å². The standard InChI is InChI=1S/C20H19NO5/c1-13-8-10-15(11-9-13)21-18(19(23)25-2)20(24)17(22)12-16(26-20)14-6-4-3-5-7-14/h3-12,18,21,24H,1-2H3/t18-,20-/m0/s1. The van der Waals surface area contributed by atoms with E-state index < -0.39 is 23.6 Å². The van der Waals surface area contributed by atoms with Gasteiger partial charge in [-0.15, -0.1) is 0 Å². The quantitative estimate of drug-likeness (QED) is 0.802. The summed E-state index contributed by atoms with van der Waals surface area (Å²) in [5.74, 6) is -3.75. The summed E-state index contributed by atoms with van der Waals surface area (Å²) in [4.78, 5) is 24.8. The Labute approximate surface area is 151 Å². The Balaban J connectivity index is 1.90. The lowest BCUT2D eigenvalue weighted by atomic mass is 10.0. The second kappa shape index (κ2) is 7.01. The van der Waals surface area contributed by atoms with Crippen molar-refractivity contribution >= 4 is 23.2 Å². The zero-order valence-electron chi connectivity index (χ0n) is 14.4. The number of ether oxygens (including phenoxy) is 2. The highest BCUT2D eigenvalue weighted by Gasteiger charge is 2.54. The first kappa shape index (κ1) is 17.7. The number of hydrogen-bond donors (Lipinski definition) is 2. The minimum atomic E-state index is -2.40. The number of hydrogen-bond acceptors (Lipinski definition) is 6. The summed E-state index contributed by atoms with van der Waals surface area (Å²) in [5.41, 5.74) is 2.20. The van der Waals surface area contributed by atoms with E-state index >= 15 is 0 Å². The van der Waals surface area contributed by atoms with Gasteiger partial charge in [0, 0.05) is 17.3 Å². The summed E-state index contributed by atoms with van der Waals surface area (Å²) in [6.07, 6.45) is 1.18. The first-order chi connectivity index (χ1) is 12.4. The molecule has 0 saturated heterocycles. The SMILES string of the molecule is COC(=O)[C@H](Nc1ccc(C)cc1)[C@@]1(O)OC(c2ccccc2)=CC1=O. The molecule has 0 spiro atoms. The van der Waals surface area contributed by atoms with Crippen LogP contribution in [0.4, 0.5) is 5.69 Å². The number of rotatable bonds is 5. The lowest BCUT2D eigenvalue weighted by Crippen LogP contribution is -2.56.